The van der Waals surface area contributed by atoms with Crippen LogP contribution in [-0.4, -0.2) is 47.2 Å². The van der Waals surface area contributed by atoms with E-state index in [2.05, 4.69) is 4.74 Å². The molecule has 0 aliphatic carbocycles. The van der Waals surface area contributed by atoms with Crippen molar-refractivity contribution in [1.82, 2.24) is 0 Å². The number of amidine groups is 1. The second kappa shape index (κ2) is 14.2. The lowest BCUT2D eigenvalue weighted by molar-refractivity contribution is -0.192. The Morgan fingerprint density at radius 2 is 1.55 bits per heavy atom. The number of carboxylic acid groups (broad SMARTS) is 2. The summed E-state index contributed by atoms with van der Waals surface area (Å²) >= 11 is 0. The summed E-state index contributed by atoms with van der Waals surface area (Å²) in [5.74, 6) is -3.86. The van der Waals surface area contributed by atoms with Gasteiger partial charge in [0.25, 0.3) is 0 Å². The van der Waals surface area contributed by atoms with Crippen molar-refractivity contribution >= 4 is 23.7 Å². The molecule has 2 rings (SSSR count). The minimum atomic E-state index is -5.08. The third-order valence-electron chi connectivity index (χ3n) is 4.02. The van der Waals surface area contributed by atoms with Crippen molar-refractivity contribution in [2.75, 3.05) is 7.11 Å². The molecule has 5 N–H and O–H groups in total. The third kappa shape index (κ3) is 11.9. The van der Waals surface area contributed by atoms with E-state index in [9.17, 15) is 22.8 Å². The number of nitrogens with one attached hydrogen (secondary N) is 1. The normalized spacial score (nSPS) is 10.9. The molecule has 33 heavy (non-hydrogen) atoms. The van der Waals surface area contributed by atoms with Gasteiger partial charge in [-0.3, -0.25) is 10.2 Å². The van der Waals surface area contributed by atoms with Crippen LogP contribution in [0.4, 0.5) is 13.2 Å². The number of aliphatic carboxylic acids is 2. The van der Waals surface area contributed by atoms with E-state index in [-0.39, 0.29) is 24.1 Å². The van der Waals surface area contributed by atoms with Gasteiger partial charge in [0.1, 0.15) is 5.84 Å². The van der Waals surface area contributed by atoms with Gasteiger partial charge in [-0.1, -0.05) is 43.3 Å². The topological polar surface area (TPSA) is 151 Å². The number of hydrogen-bond donors (Lipinski definition) is 4. The molecule has 0 aliphatic heterocycles. The second-order valence-electron chi connectivity index (χ2n) is 6.40. The average molecular weight is 470 g/mol. The lowest BCUT2D eigenvalue weighted by atomic mass is 9.92. The first-order valence-electron chi connectivity index (χ1n) is 9.43. The van der Waals surface area contributed by atoms with Gasteiger partial charge in [0.2, 0.25) is 0 Å². The number of hydrogen-bond acceptors (Lipinski definition) is 5. The monoisotopic (exact) mass is 470 g/mol. The van der Waals surface area contributed by atoms with E-state index in [1.807, 2.05) is 19.1 Å². The van der Waals surface area contributed by atoms with Crippen molar-refractivity contribution in [2.45, 2.75) is 31.9 Å². The van der Waals surface area contributed by atoms with E-state index in [4.69, 9.17) is 26.2 Å². The van der Waals surface area contributed by atoms with E-state index < -0.39 is 18.1 Å². The van der Waals surface area contributed by atoms with Gasteiger partial charge in [-0.05, 0) is 36.1 Å². The van der Waals surface area contributed by atoms with Gasteiger partial charge in [0, 0.05) is 5.56 Å². The lowest BCUT2D eigenvalue weighted by Crippen LogP contribution is -2.21. The van der Waals surface area contributed by atoms with Crippen LogP contribution < -0.4 is 5.73 Å². The Balaban J connectivity index is 0.000000514. The van der Waals surface area contributed by atoms with Crippen molar-refractivity contribution in [3.05, 3.63) is 71.3 Å². The Hall–Kier alpha value is -3.89. The smallest absolute Gasteiger partial charge is 0.481 e. The number of carboxylic acids is 2. The maximum atomic E-state index is 10.8. The van der Waals surface area contributed by atoms with Crippen molar-refractivity contribution in [1.29, 1.82) is 5.41 Å². The van der Waals surface area contributed by atoms with Gasteiger partial charge in [0.15, 0.2) is 0 Å². The van der Waals surface area contributed by atoms with Crippen molar-refractivity contribution in [2.24, 2.45) is 5.73 Å². The van der Waals surface area contributed by atoms with Crippen LogP contribution in [0.2, 0.25) is 0 Å². The van der Waals surface area contributed by atoms with E-state index in [0.717, 1.165) is 12.0 Å². The summed E-state index contributed by atoms with van der Waals surface area (Å²) in [5, 5.41) is 23.2. The minimum absolute atomic E-state index is 0.00651. The number of benzene rings is 2. The predicted octanol–water partition coefficient (Wildman–Crippen LogP) is 4.05. The number of nitrogen functional groups attached to an aromatic ring is 1. The number of halogens is 3. The highest BCUT2D eigenvalue weighted by Crippen LogP contribution is 2.23. The molecular formula is C22H25F3N2O6. The number of carbonyl (C=O) groups is 3. The van der Waals surface area contributed by atoms with Crippen LogP contribution in [0.3, 0.4) is 0 Å². The fourth-order valence-corrected chi connectivity index (χ4v) is 2.36. The zero-order valence-electron chi connectivity index (χ0n) is 17.9. The zero-order chi connectivity index (χ0) is 25.6. The Morgan fingerprint density at radius 1 is 1.03 bits per heavy atom. The summed E-state index contributed by atoms with van der Waals surface area (Å²) in [5.41, 5.74) is 7.55. The van der Waals surface area contributed by atoms with Crippen LogP contribution in [0, 0.1) is 5.41 Å². The minimum Gasteiger partial charge on any atom is -0.481 e. The molecule has 1 atom stereocenters. The summed E-state index contributed by atoms with van der Waals surface area (Å²) in [4.78, 5) is 30.4. The molecule has 11 heteroatoms. The molecule has 0 aliphatic rings. The first-order valence-corrected chi connectivity index (χ1v) is 9.43. The molecule has 0 radical (unpaired) electrons. The van der Waals surface area contributed by atoms with Gasteiger partial charge in [-0.2, -0.15) is 13.2 Å². The first-order chi connectivity index (χ1) is 15.3. The number of rotatable bonds is 6. The van der Waals surface area contributed by atoms with E-state index in [0.29, 0.717) is 11.1 Å². The van der Waals surface area contributed by atoms with Crippen LogP contribution in [0.1, 0.15) is 47.2 Å². The highest BCUT2D eigenvalue weighted by molar-refractivity contribution is 5.95. The Bertz CT molecular complexity index is 933. The molecule has 0 bridgehead atoms. The molecule has 0 heterocycles. The largest absolute Gasteiger partial charge is 0.490 e. The number of ether oxygens (including phenoxy) is 1. The molecule has 180 valence electrons. The maximum Gasteiger partial charge on any atom is 0.490 e. The Labute approximate surface area is 188 Å². The van der Waals surface area contributed by atoms with Crippen LogP contribution in [0.5, 0.6) is 0 Å². The zero-order valence-corrected chi connectivity index (χ0v) is 17.9. The Kier molecular flexibility index (Phi) is 12.5. The molecule has 0 saturated heterocycles. The maximum absolute atomic E-state index is 10.8. The van der Waals surface area contributed by atoms with Gasteiger partial charge in [0.05, 0.1) is 19.1 Å². The molecule has 0 aromatic heterocycles. The van der Waals surface area contributed by atoms with E-state index in [1.165, 1.54) is 7.11 Å². The molecule has 1 unspecified atom stereocenters. The molecular weight excluding hydrogens is 445 g/mol. The molecule has 0 saturated carbocycles. The van der Waals surface area contributed by atoms with Gasteiger partial charge in [-0.25, -0.2) is 9.59 Å². The molecule has 2 aromatic carbocycles. The number of esters is 1. The highest BCUT2D eigenvalue weighted by Gasteiger charge is 2.38. The van der Waals surface area contributed by atoms with Crippen LogP contribution >= 0.6 is 0 Å². The quantitative estimate of drug-likeness (QED) is 0.282. The molecule has 0 amide bonds. The summed E-state index contributed by atoms with van der Waals surface area (Å²) < 4.78 is 36.2. The van der Waals surface area contributed by atoms with Crippen LogP contribution in [0.15, 0.2) is 54.6 Å². The summed E-state index contributed by atoms with van der Waals surface area (Å²) in [6.45, 7) is 1.95. The fraction of sp³-hybridized carbons (Fsp3) is 0.273. The van der Waals surface area contributed by atoms with Crippen molar-refractivity contribution < 1.29 is 42.5 Å². The van der Waals surface area contributed by atoms with Gasteiger partial charge in [-0.15, -0.1) is 0 Å². The summed E-state index contributed by atoms with van der Waals surface area (Å²) in [7, 11) is 1.37. The van der Waals surface area contributed by atoms with Crippen molar-refractivity contribution in [3.8, 4) is 0 Å². The van der Waals surface area contributed by atoms with Crippen molar-refractivity contribution in [3.63, 3.8) is 0 Å². The number of methoxy groups -OCH3 is 1. The third-order valence-corrected chi connectivity index (χ3v) is 4.02. The van der Waals surface area contributed by atoms with E-state index in [1.54, 1.807) is 42.5 Å². The lowest BCUT2D eigenvalue weighted by Gasteiger charge is -2.13. The Morgan fingerprint density at radius 3 is 1.94 bits per heavy atom. The number of alkyl halides is 3. The standard InChI is InChI=1S/C12H16N2O2.C8H8O2.C2HF3O2/c1-2-8(7-11(15)16)9-4-3-5-10(6-9)12(13)14;1-10-8(9)7-5-3-2-4-6-7;3-2(4,5)1(6)7/h3-6,8H,2,7H2,1H3,(H3,13,14)(H,15,16);2-6H,1H3;(H,6,7). The van der Waals surface area contributed by atoms with Crippen LogP contribution in [-0.2, 0) is 14.3 Å². The highest BCUT2D eigenvalue weighted by atomic mass is 19.4. The molecule has 0 fully saturated rings. The average Bonchev–Trinajstić information content (AvgIpc) is 2.77. The van der Waals surface area contributed by atoms with E-state index >= 15 is 0 Å². The molecule has 8 nitrogen and oxygen atoms in total. The van der Waals surface area contributed by atoms with Crippen LogP contribution in [0.25, 0.3) is 0 Å². The van der Waals surface area contributed by atoms with Gasteiger partial charge >= 0.3 is 24.1 Å². The fourth-order valence-electron chi connectivity index (χ4n) is 2.36. The second-order valence-corrected chi connectivity index (χ2v) is 6.40. The first kappa shape index (κ1) is 29.1. The molecule has 0 spiro atoms. The summed E-state index contributed by atoms with van der Waals surface area (Å²) in [6.07, 6.45) is -4.22. The predicted molar refractivity (Wildman–Crippen MR) is 114 cm³/mol. The van der Waals surface area contributed by atoms with Gasteiger partial charge < -0.3 is 20.7 Å². The number of nitrogens with two attached hydrogens (primary N) is 1. The number of carbonyl (C=O) groups excluding carboxylic acids is 1. The SMILES string of the molecule is CCC(CC(=O)O)c1cccc(C(=N)N)c1.COC(=O)c1ccccc1.O=C(O)C(F)(F)F. The summed E-state index contributed by atoms with van der Waals surface area (Å²) in [6, 6.07) is 16.1. The molecule has 2 aromatic rings.